The van der Waals surface area contributed by atoms with E-state index in [9.17, 15) is 0 Å². The summed E-state index contributed by atoms with van der Waals surface area (Å²) in [5.41, 5.74) is 3.51. The summed E-state index contributed by atoms with van der Waals surface area (Å²) in [6.07, 6.45) is 1.84. The second-order valence-corrected chi connectivity index (χ2v) is 7.52. The fourth-order valence-electron chi connectivity index (χ4n) is 3.91. The Labute approximate surface area is 157 Å². The Morgan fingerprint density at radius 1 is 1.22 bits per heavy atom. The van der Waals surface area contributed by atoms with Gasteiger partial charge in [0.2, 0.25) is 0 Å². The lowest BCUT2D eigenvalue weighted by Gasteiger charge is -2.43. The van der Waals surface area contributed by atoms with E-state index in [0.717, 1.165) is 16.5 Å². The molecule has 4 N–H and O–H groups in total. The average molecular weight is 363 g/mol. The van der Waals surface area contributed by atoms with Crippen LogP contribution in [0.1, 0.15) is 26.3 Å². The van der Waals surface area contributed by atoms with Crippen LogP contribution in [-0.4, -0.2) is 22.2 Å². The van der Waals surface area contributed by atoms with Crippen molar-refractivity contribution in [2.45, 2.75) is 33.2 Å². The van der Waals surface area contributed by atoms with Crippen molar-refractivity contribution in [2.24, 2.45) is 0 Å². The molecular formula is C21H22FN5. The van der Waals surface area contributed by atoms with E-state index in [1.54, 1.807) is 11.8 Å². The number of anilines is 2. The molecule has 0 radical (unpaired) electrons. The largest absolute Gasteiger partial charge is 0.371 e. The van der Waals surface area contributed by atoms with Gasteiger partial charge in [0.05, 0.1) is 16.9 Å². The third-order valence-electron chi connectivity index (χ3n) is 5.18. The van der Waals surface area contributed by atoms with Gasteiger partial charge in [-0.1, -0.05) is 12.1 Å². The van der Waals surface area contributed by atoms with Crippen LogP contribution in [0.5, 0.6) is 0 Å². The van der Waals surface area contributed by atoms with Crippen molar-refractivity contribution in [1.29, 1.82) is 10.8 Å². The third kappa shape index (κ3) is 2.44. The number of aromatic amines is 1. The van der Waals surface area contributed by atoms with Crippen molar-refractivity contribution in [3.05, 3.63) is 47.9 Å². The molecule has 0 saturated heterocycles. The average Bonchev–Trinajstić information content (AvgIpc) is 3.05. The smallest absolute Gasteiger partial charge is 0.133 e. The quantitative estimate of drug-likeness (QED) is 0.351. The molecule has 0 aliphatic carbocycles. The van der Waals surface area contributed by atoms with Crippen LogP contribution in [0.2, 0.25) is 0 Å². The molecule has 4 rings (SSSR count). The van der Waals surface area contributed by atoms with E-state index in [4.69, 9.17) is 10.8 Å². The summed E-state index contributed by atoms with van der Waals surface area (Å²) in [5, 5.41) is 21.0. The molecule has 0 unspecified atom stereocenters. The van der Waals surface area contributed by atoms with E-state index in [2.05, 4.69) is 10.3 Å². The monoisotopic (exact) mass is 363 g/mol. The number of H-pyrrole nitrogens is 1. The molecule has 0 amide bonds. The number of rotatable bonds is 1. The lowest BCUT2D eigenvalue weighted by Crippen LogP contribution is -2.55. The molecule has 6 heteroatoms. The fourth-order valence-corrected chi connectivity index (χ4v) is 3.91. The van der Waals surface area contributed by atoms with Crippen LogP contribution < -0.4 is 10.2 Å². The van der Waals surface area contributed by atoms with E-state index in [1.165, 1.54) is 6.07 Å². The number of nitrogens with one attached hydrogen (secondary N) is 4. The zero-order valence-corrected chi connectivity index (χ0v) is 15.8. The second kappa shape index (κ2) is 5.67. The Morgan fingerprint density at radius 2 is 1.96 bits per heavy atom. The summed E-state index contributed by atoms with van der Waals surface area (Å²) < 4.78 is 15.3. The Morgan fingerprint density at radius 3 is 2.67 bits per heavy atom. The Hall–Kier alpha value is -3.15. The number of aromatic nitrogens is 1. The number of hydrogen-bond donors (Lipinski definition) is 4. The van der Waals surface area contributed by atoms with Gasteiger partial charge in [0.1, 0.15) is 17.5 Å². The summed E-state index contributed by atoms with van der Waals surface area (Å²) in [5.74, 6) is 0.179. The molecule has 5 nitrogen and oxygen atoms in total. The van der Waals surface area contributed by atoms with E-state index in [-0.39, 0.29) is 17.5 Å². The molecule has 1 aliphatic rings. The summed E-state index contributed by atoms with van der Waals surface area (Å²) in [6.45, 7) is 7.22. The molecule has 2 aromatic carbocycles. The zero-order valence-electron chi connectivity index (χ0n) is 15.8. The summed E-state index contributed by atoms with van der Waals surface area (Å²) in [6, 6.07) is 9.17. The summed E-state index contributed by atoms with van der Waals surface area (Å²) in [4.78, 5) is 4.76. The molecule has 27 heavy (non-hydrogen) atoms. The third-order valence-corrected chi connectivity index (χ3v) is 5.18. The molecular weight excluding hydrogens is 341 g/mol. The number of halogens is 1. The van der Waals surface area contributed by atoms with Crippen LogP contribution in [0.4, 0.5) is 15.8 Å². The number of benzene rings is 2. The van der Waals surface area contributed by atoms with Gasteiger partial charge in [-0.2, -0.15) is 0 Å². The molecule has 138 valence electrons. The second-order valence-electron chi connectivity index (χ2n) is 7.52. The predicted octanol–water partition coefficient (Wildman–Crippen LogP) is 5.27. The normalized spacial score (nSPS) is 15.6. The molecule has 0 bridgehead atoms. The van der Waals surface area contributed by atoms with Crippen molar-refractivity contribution in [3.63, 3.8) is 0 Å². The molecule has 1 aromatic heterocycles. The van der Waals surface area contributed by atoms with E-state index >= 15 is 4.39 Å². The van der Waals surface area contributed by atoms with Gasteiger partial charge in [-0.15, -0.1) is 0 Å². The Balaban J connectivity index is 2.05. The maximum absolute atomic E-state index is 15.3. The van der Waals surface area contributed by atoms with Crippen molar-refractivity contribution in [2.75, 3.05) is 10.2 Å². The van der Waals surface area contributed by atoms with E-state index in [0.29, 0.717) is 22.5 Å². The number of amidine groups is 2. The maximum Gasteiger partial charge on any atom is 0.133 e. The highest BCUT2D eigenvalue weighted by atomic mass is 19.1. The minimum Gasteiger partial charge on any atom is -0.371 e. The van der Waals surface area contributed by atoms with Gasteiger partial charge in [-0.25, -0.2) is 4.39 Å². The zero-order chi connectivity index (χ0) is 19.5. The van der Waals surface area contributed by atoms with Gasteiger partial charge >= 0.3 is 0 Å². The SMILES string of the molecule is CC(=N)N1C(=N)C(C)(C)Nc2cc(F)c(-c3cccc4[nH]ccc34)c(C)c21. The standard InChI is InChI=1S/C21H22FN5/c1-11-18(14-6-5-7-16-13(14)8-9-25-16)15(22)10-17-19(11)27(12(2)23)20(24)21(3,4)26-17/h5-10,23-26H,1-4H3. The van der Waals surface area contributed by atoms with Crippen molar-refractivity contribution < 1.29 is 4.39 Å². The maximum atomic E-state index is 15.3. The summed E-state index contributed by atoms with van der Waals surface area (Å²) >= 11 is 0. The first kappa shape index (κ1) is 17.3. The highest BCUT2D eigenvalue weighted by molar-refractivity contribution is 6.24. The van der Waals surface area contributed by atoms with Crippen LogP contribution in [0, 0.1) is 23.6 Å². The summed E-state index contributed by atoms with van der Waals surface area (Å²) in [7, 11) is 0. The first-order valence-corrected chi connectivity index (χ1v) is 8.84. The highest BCUT2D eigenvalue weighted by Gasteiger charge is 2.38. The molecule has 3 aromatic rings. The molecule has 0 fully saturated rings. The van der Waals surface area contributed by atoms with Crippen molar-refractivity contribution >= 4 is 33.9 Å². The number of nitrogens with zero attached hydrogens (tertiary/aromatic N) is 1. The Bertz CT molecular complexity index is 1110. The van der Waals surface area contributed by atoms with E-state index < -0.39 is 5.54 Å². The minimum atomic E-state index is -0.698. The van der Waals surface area contributed by atoms with E-state index in [1.807, 2.05) is 51.2 Å². The van der Waals surface area contributed by atoms with Gasteiger partial charge in [-0.3, -0.25) is 15.7 Å². The molecule has 2 heterocycles. The first-order valence-electron chi connectivity index (χ1n) is 8.84. The van der Waals surface area contributed by atoms with Crippen LogP contribution in [-0.2, 0) is 0 Å². The van der Waals surface area contributed by atoms with Crippen LogP contribution in [0.25, 0.3) is 22.0 Å². The van der Waals surface area contributed by atoms with Gasteiger partial charge in [0.15, 0.2) is 0 Å². The molecule has 0 atom stereocenters. The number of hydrogen-bond acceptors (Lipinski definition) is 3. The van der Waals surface area contributed by atoms with Gasteiger partial charge in [0, 0.05) is 22.7 Å². The van der Waals surface area contributed by atoms with Gasteiger partial charge in [-0.05, 0) is 57.0 Å². The first-order chi connectivity index (χ1) is 12.7. The fraction of sp³-hybridized carbons (Fsp3) is 0.238. The lowest BCUT2D eigenvalue weighted by molar-refractivity contribution is 0.629. The molecule has 1 aliphatic heterocycles. The van der Waals surface area contributed by atoms with Gasteiger partial charge in [0.25, 0.3) is 0 Å². The topological polar surface area (TPSA) is 78.8 Å². The van der Waals surface area contributed by atoms with Gasteiger partial charge < -0.3 is 10.3 Å². The Kier molecular flexibility index (Phi) is 3.63. The van der Waals surface area contributed by atoms with Crippen molar-refractivity contribution in [1.82, 2.24) is 4.98 Å². The highest BCUT2D eigenvalue weighted by Crippen LogP contribution is 2.44. The van der Waals surface area contributed by atoms with Crippen LogP contribution in [0.3, 0.4) is 0 Å². The number of fused-ring (bicyclic) bond motifs is 2. The van der Waals surface area contributed by atoms with Crippen molar-refractivity contribution in [3.8, 4) is 11.1 Å². The van der Waals surface area contributed by atoms with Crippen LogP contribution >= 0.6 is 0 Å². The lowest BCUT2D eigenvalue weighted by atomic mass is 9.90. The molecule has 0 saturated carbocycles. The predicted molar refractivity (Wildman–Crippen MR) is 110 cm³/mol. The molecule has 0 spiro atoms. The van der Waals surface area contributed by atoms with Crippen LogP contribution in [0.15, 0.2) is 36.5 Å². The minimum absolute atomic E-state index is 0.233.